The summed E-state index contributed by atoms with van der Waals surface area (Å²) < 4.78 is 5.09. The minimum Gasteiger partial charge on any atom is -0.507 e. The number of nitrogens with one attached hydrogen (secondary N) is 1. The number of phenols is 1. The van der Waals surface area contributed by atoms with Gasteiger partial charge in [-0.3, -0.25) is 5.41 Å². The molecular weight excluding hydrogens is 260 g/mol. The van der Waals surface area contributed by atoms with Gasteiger partial charge in [0.15, 0.2) is 0 Å². The van der Waals surface area contributed by atoms with Gasteiger partial charge in [0.1, 0.15) is 17.3 Å². The lowest BCUT2D eigenvalue weighted by molar-refractivity contribution is 0.414. The van der Waals surface area contributed by atoms with Crippen molar-refractivity contribution in [2.45, 2.75) is 9.79 Å². The van der Waals surface area contributed by atoms with Crippen molar-refractivity contribution in [2.75, 3.05) is 7.11 Å². The molecule has 0 aliphatic heterocycles. The first-order valence-electron chi connectivity index (χ1n) is 5.59. The number of hydrogen-bond acceptors (Lipinski definition) is 4. The Balaban J connectivity index is 2.18. The number of benzene rings is 2. The predicted molar refractivity (Wildman–Crippen MR) is 76.2 cm³/mol. The Bertz CT molecular complexity index is 597. The second-order valence-electron chi connectivity index (χ2n) is 3.87. The standard InChI is InChI=1S/C14H14N2O2S/c1-18-9-2-4-10(5-3-9)19-11-6-7-12(14(15)16)13(17)8-11/h2-8,17H,1H3,(H3,15,16). The van der Waals surface area contributed by atoms with E-state index < -0.39 is 0 Å². The Kier molecular flexibility index (Phi) is 3.97. The summed E-state index contributed by atoms with van der Waals surface area (Å²) >= 11 is 1.51. The summed E-state index contributed by atoms with van der Waals surface area (Å²) in [6.07, 6.45) is 0. The van der Waals surface area contributed by atoms with Gasteiger partial charge < -0.3 is 15.6 Å². The zero-order chi connectivity index (χ0) is 13.8. The molecule has 2 aromatic carbocycles. The van der Waals surface area contributed by atoms with Gasteiger partial charge in [-0.2, -0.15) is 0 Å². The first-order valence-corrected chi connectivity index (χ1v) is 6.41. The van der Waals surface area contributed by atoms with Gasteiger partial charge in [-0.05, 0) is 42.5 Å². The van der Waals surface area contributed by atoms with Crippen LogP contribution in [0.1, 0.15) is 5.56 Å². The number of aromatic hydroxyl groups is 1. The largest absolute Gasteiger partial charge is 0.507 e. The first-order chi connectivity index (χ1) is 9.10. The van der Waals surface area contributed by atoms with Gasteiger partial charge in [0.2, 0.25) is 0 Å². The van der Waals surface area contributed by atoms with E-state index in [9.17, 15) is 5.11 Å². The van der Waals surface area contributed by atoms with Crippen LogP contribution in [0.15, 0.2) is 52.3 Å². The molecule has 0 amide bonds. The molecule has 4 N–H and O–H groups in total. The van der Waals surface area contributed by atoms with Crippen molar-refractivity contribution in [1.82, 2.24) is 0 Å². The maximum Gasteiger partial charge on any atom is 0.127 e. The molecule has 0 unspecified atom stereocenters. The number of rotatable bonds is 4. The summed E-state index contributed by atoms with van der Waals surface area (Å²) in [6, 6.07) is 12.7. The molecule has 2 rings (SSSR count). The van der Waals surface area contributed by atoms with Crippen LogP contribution >= 0.6 is 11.8 Å². The molecule has 98 valence electrons. The number of amidine groups is 1. The van der Waals surface area contributed by atoms with Crippen LogP contribution in [0.4, 0.5) is 0 Å². The molecule has 0 aliphatic carbocycles. The monoisotopic (exact) mass is 274 g/mol. The topological polar surface area (TPSA) is 79.3 Å². The third kappa shape index (κ3) is 3.20. The Morgan fingerprint density at radius 3 is 2.32 bits per heavy atom. The molecule has 19 heavy (non-hydrogen) atoms. The van der Waals surface area contributed by atoms with E-state index in [2.05, 4.69) is 0 Å². The lowest BCUT2D eigenvalue weighted by atomic mass is 10.2. The number of hydrogen-bond donors (Lipinski definition) is 3. The smallest absolute Gasteiger partial charge is 0.127 e. The fraction of sp³-hybridized carbons (Fsp3) is 0.0714. The first kappa shape index (κ1) is 13.3. The van der Waals surface area contributed by atoms with Crippen LogP contribution in [-0.2, 0) is 0 Å². The summed E-state index contributed by atoms with van der Waals surface area (Å²) in [6.45, 7) is 0. The summed E-state index contributed by atoms with van der Waals surface area (Å²) in [5, 5.41) is 17.1. The van der Waals surface area contributed by atoms with Gasteiger partial charge in [-0.1, -0.05) is 11.8 Å². The maximum atomic E-state index is 9.77. The molecule has 0 radical (unpaired) electrons. The normalized spacial score (nSPS) is 10.2. The third-order valence-electron chi connectivity index (χ3n) is 2.55. The average Bonchev–Trinajstić information content (AvgIpc) is 2.39. The zero-order valence-corrected chi connectivity index (χ0v) is 11.2. The van der Waals surface area contributed by atoms with Crippen LogP contribution in [0.3, 0.4) is 0 Å². The van der Waals surface area contributed by atoms with Gasteiger partial charge in [-0.15, -0.1) is 0 Å². The molecule has 0 bridgehead atoms. The van der Waals surface area contributed by atoms with Crippen molar-refractivity contribution < 1.29 is 9.84 Å². The van der Waals surface area contributed by atoms with Gasteiger partial charge in [0.05, 0.1) is 12.7 Å². The number of nitrogens with two attached hydrogens (primary N) is 1. The van der Waals surface area contributed by atoms with Crippen LogP contribution in [0, 0.1) is 5.41 Å². The molecule has 0 aromatic heterocycles. The Labute approximate surface area is 115 Å². The van der Waals surface area contributed by atoms with Gasteiger partial charge >= 0.3 is 0 Å². The van der Waals surface area contributed by atoms with Gasteiger partial charge in [0, 0.05) is 9.79 Å². The molecule has 0 spiro atoms. The second-order valence-corrected chi connectivity index (χ2v) is 5.02. The molecule has 5 heteroatoms. The summed E-state index contributed by atoms with van der Waals surface area (Å²) in [5.41, 5.74) is 5.70. The summed E-state index contributed by atoms with van der Waals surface area (Å²) in [5.74, 6) is 0.684. The number of nitrogen functional groups attached to an aromatic ring is 1. The maximum absolute atomic E-state index is 9.77. The van der Waals surface area contributed by atoms with Crippen molar-refractivity contribution in [3.8, 4) is 11.5 Å². The van der Waals surface area contributed by atoms with E-state index in [1.54, 1.807) is 19.2 Å². The van der Waals surface area contributed by atoms with E-state index in [1.165, 1.54) is 11.8 Å². The van der Waals surface area contributed by atoms with Gasteiger partial charge in [-0.25, -0.2) is 0 Å². The van der Waals surface area contributed by atoms with E-state index in [4.69, 9.17) is 15.9 Å². The lowest BCUT2D eigenvalue weighted by Crippen LogP contribution is -2.10. The van der Waals surface area contributed by atoms with Crippen molar-refractivity contribution in [2.24, 2.45) is 5.73 Å². The van der Waals surface area contributed by atoms with Crippen LogP contribution in [-0.4, -0.2) is 18.1 Å². The fourth-order valence-corrected chi connectivity index (χ4v) is 2.43. The Hall–Kier alpha value is -2.14. The molecule has 0 fully saturated rings. The van der Waals surface area contributed by atoms with Crippen molar-refractivity contribution >= 4 is 17.6 Å². The SMILES string of the molecule is COc1ccc(Sc2ccc(C(=N)N)c(O)c2)cc1. The predicted octanol–water partition coefficient (Wildman–Crippen LogP) is 2.84. The fourth-order valence-electron chi connectivity index (χ4n) is 1.58. The highest BCUT2D eigenvalue weighted by molar-refractivity contribution is 7.99. The third-order valence-corrected chi connectivity index (χ3v) is 3.55. The quantitative estimate of drug-likeness (QED) is 0.591. The lowest BCUT2D eigenvalue weighted by Gasteiger charge is -2.06. The summed E-state index contributed by atoms with van der Waals surface area (Å²) in [7, 11) is 1.63. The highest BCUT2D eigenvalue weighted by Crippen LogP contribution is 2.32. The highest BCUT2D eigenvalue weighted by atomic mass is 32.2. The number of phenolic OH excluding ortho intramolecular Hbond substituents is 1. The van der Waals surface area contributed by atoms with E-state index in [0.717, 1.165) is 15.5 Å². The molecule has 0 saturated heterocycles. The Morgan fingerprint density at radius 1 is 1.16 bits per heavy atom. The van der Waals surface area contributed by atoms with Crippen molar-refractivity contribution in [3.05, 3.63) is 48.0 Å². The Morgan fingerprint density at radius 2 is 1.79 bits per heavy atom. The molecular formula is C14H14N2O2S. The van der Waals surface area contributed by atoms with Crippen LogP contribution in [0.25, 0.3) is 0 Å². The van der Waals surface area contributed by atoms with Crippen molar-refractivity contribution in [3.63, 3.8) is 0 Å². The minimum absolute atomic E-state index is 0.0195. The van der Waals surface area contributed by atoms with E-state index in [0.29, 0.717) is 5.56 Å². The minimum atomic E-state index is -0.140. The van der Waals surface area contributed by atoms with E-state index in [-0.39, 0.29) is 11.6 Å². The average molecular weight is 274 g/mol. The molecule has 4 nitrogen and oxygen atoms in total. The molecule has 0 heterocycles. The van der Waals surface area contributed by atoms with Crippen LogP contribution < -0.4 is 10.5 Å². The van der Waals surface area contributed by atoms with Crippen LogP contribution in [0.5, 0.6) is 11.5 Å². The summed E-state index contributed by atoms with van der Waals surface area (Å²) in [4.78, 5) is 1.92. The molecule has 0 saturated carbocycles. The molecule has 0 aliphatic rings. The zero-order valence-electron chi connectivity index (χ0n) is 10.4. The molecule has 0 atom stereocenters. The number of methoxy groups -OCH3 is 1. The van der Waals surface area contributed by atoms with Crippen molar-refractivity contribution in [1.29, 1.82) is 5.41 Å². The highest BCUT2D eigenvalue weighted by Gasteiger charge is 2.06. The van der Waals surface area contributed by atoms with E-state index >= 15 is 0 Å². The van der Waals surface area contributed by atoms with E-state index in [1.807, 2.05) is 30.3 Å². The number of ether oxygens (including phenoxy) is 1. The van der Waals surface area contributed by atoms with Gasteiger partial charge in [0.25, 0.3) is 0 Å². The molecule has 2 aromatic rings. The second kappa shape index (κ2) is 5.67. The van der Waals surface area contributed by atoms with Crippen LogP contribution in [0.2, 0.25) is 0 Å².